The van der Waals surface area contributed by atoms with E-state index in [2.05, 4.69) is 41.5 Å². The number of phosphoric ester groups is 2. The Morgan fingerprint density at radius 3 is 0.623 bits per heavy atom. The lowest BCUT2D eigenvalue weighted by molar-refractivity contribution is -0.161. The zero-order valence-electron chi connectivity index (χ0n) is 75.4. The van der Waals surface area contributed by atoms with Gasteiger partial charge in [-0.15, -0.1) is 0 Å². The van der Waals surface area contributed by atoms with Gasteiger partial charge < -0.3 is 33.8 Å². The third-order valence-corrected chi connectivity index (χ3v) is 25.1. The molecule has 114 heavy (non-hydrogen) atoms. The second kappa shape index (κ2) is 86.0. The summed E-state index contributed by atoms with van der Waals surface area (Å²) in [4.78, 5) is 73.6. The molecule has 0 aliphatic carbocycles. The molecule has 4 unspecified atom stereocenters. The lowest BCUT2D eigenvalue weighted by Gasteiger charge is -2.21. The van der Waals surface area contributed by atoms with Crippen LogP contribution in [0.3, 0.4) is 0 Å². The number of esters is 4. The van der Waals surface area contributed by atoms with Crippen molar-refractivity contribution in [2.24, 2.45) is 11.8 Å². The second-order valence-corrected chi connectivity index (χ2v) is 37.5. The minimum absolute atomic E-state index is 0.109. The zero-order valence-corrected chi connectivity index (χ0v) is 77.2. The van der Waals surface area contributed by atoms with Crippen LogP contribution in [0, 0.1) is 11.8 Å². The third-order valence-electron chi connectivity index (χ3n) is 23.2. The largest absolute Gasteiger partial charge is 0.472 e. The Kier molecular flexibility index (Phi) is 84.6. The van der Waals surface area contributed by atoms with E-state index in [-0.39, 0.29) is 25.7 Å². The molecule has 0 heterocycles. The average molecular weight is 1660 g/mol. The number of carbonyl (C=O) groups is 4. The molecule has 3 N–H and O–H groups in total. The first-order valence-electron chi connectivity index (χ1n) is 49.1. The Bertz CT molecular complexity index is 2170. The van der Waals surface area contributed by atoms with E-state index in [0.717, 1.165) is 102 Å². The van der Waals surface area contributed by atoms with Crippen molar-refractivity contribution < 1.29 is 80.2 Å². The maximum Gasteiger partial charge on any atom is 0.472 e. The van der Waals surface area contributed by atoms with Gasteiger partial charge in [0.15, 0.2) is 12.2 Å². The predicted molar refractivity (Wildman–Crippen MR) is 474 cm³/mol. The van der Waals surface area contributed by atoms with Gasteiger partial charge in [-0.05, 0) is 37.5 Å². The van der Waals surface area contributed by atoms with Crippen molar-refractivity contribution in [2.45, 2.75) is 535 Å². The molecule has 0 radical (unpaired) electrons. The van der Waals surface area contributed by atoms with Crippen LogP contribution < -0.4 is 0 Å². The van der Waals surface area contributed by atoms with Gasteiger partial charge in [-0.3, -0.25) is 37.3 Å². The first-order chi connectivity index (χ1) is 55.4. The fourth-order valence-corrected chi connectivity index (χ4v) is 16.5. The van der Waals surface area contributed by atoms with Gasteiger partial charge in [0.2, 0.25) is 0 Å². The van der Waals surface area contributed by atoms with Gasteiger partial charge in [0, 0.05) is 25.7 Å². The van der Waals surface area contributed by atoms with Crippen LogP contribution in [0.25, 0.3) is 0 Å². The van der Waals surface area contributed by atoms with E-state index in [4.69, 9.17) is 37.0 Å². The molecule has 0 bridgehead atoms. The van der Waals surface area contributed by atoms with Gasteiger partial charge in [-0.25, -0.2) is 9.13 Å². The van der Waals surface area contributed by atoms with E-state index in [9.17, 15) is 43.2 Å². The number of aliphatic hydroxyl groups excluding tert-OH is 1. The lowest BCUT2D eigenvalue weighted by atomic mass is 9.99. The van der Waals surface area contributed by atoms with Gasteiger partial charge in [-0.1, -0.05) is 465 Å². The molecule has 7 atom stereocenters. The minimum Gasteiger partial charge on any atom is -0.462 e. The SMILES string of the molecule is CCCCCCCCCCCCCCCCCCCCCCCCC(=O)OC[C@H](COP(=O)(O)OC[C@@H](O)COP(=O)(O)OC[C@@H](COC(=O)CCCCCCCCCCC(C)CC)OC(=O)CCCCCCCCCCCCCCCCCCCC)OC(=O)CCCCCCCCCCCCCCCCCCCCC(C)CC. The summed E-state index contributed by atoms with van der Waals surface area (Å²) in [5.74, 6) is -0.444. The van der Waals surface area contributed by atoms with Crippen LogP contribution in [-0.4, -0.2) is 96.7 Å². The number of aliphatic hydroxyl groups is 1. The summed E-state index contributed by atoms with van der Waals surface area (Å²) in [5.41, 5.74) is 0. The van der Waals surface area contributed by atoms with E-state index in [1.54, 1.807) is 0 Å². The minimum atomic E-state index is -4.97. The Labute approximate surface area is 702 Å². The van der Waals surface area contributed by atoms with Crippen LogP contribution in [0.2, 0.25) is 0 Å². The number of carbonyl (C=O) groups excluding carboxylic acids is 4. The quantitative estimate of drug-likeness (QED) is 0.0222. The number of ether oxygens (including phenoxy) is 4. The van der Waals surface area contributed by atoms with Gasteiger partial charge in [0.05, 0.1) is 26.4 Å². The Morgan fingerprint density at radius 1 is 0.246 bits per heavy atom. The van der Waals surface area contributed by atoms with Crippen molar-refractivity contribution in [1.82, 2.24) is 0 Å². The van der Waals surface area contributed by atoms with Crippen molar-refractivity contribution in [1.29, 1.82) is 0 Å². The highest BCUT2D eigenvalue weighted by atomic mass is 31.2. The molecule has 17 nitrogen and oxygen atoms in total. The molecule has 0 rings (SSSR count). The molecule has 0 aromatic rings. The standard InChI is InChI=1S/C95H186O17P2/c1-7-11-13-15-17-19-21-23-25-27-29-30-31-32-37-40-44-48-52-59-65-71-77-92(97)105-83-90(111-94(99)79-74-68-62-54-50-46-42-38-34-33-35-39-43-47-51-57-63-69-75-87(5)9-3)85-109-113(101,102)107-81-89(96)82-108-114(103,104)110-86-91(84-106-93(98)78-72-66-60-56-55-58-64-70-76-88(6)10-4)112-95(100)80-73-67-61-53-49-45-41-36-28-26-24-22-20-18-16-14-12-8-2/h87-91,96H,7-86H2,1-6H3,(H,101,102)(H,103,104)/t87?,88?,89-,90-,91-/m1/s1. The molecule has 0 spiro atoms. The van der Waals surface area contributed by atoms with Gasteiger partial charge in [0.25, 0.3) is 0 Å². The molecule has 0 amide bonds. The number of phosphoric acid groups is 2. The fraction of sp³-hybridized carbons (Fsp3) is 0.958. The van der Waals surface area contributed by atoms with Crippen molar-refractivity contribution in [2.75, 3.05) is 39.6 Å². The van der Waals surface area contributed by atoms with E-state index < -0.39 is 97.5 Å². The monoisotopic (exact) mass is 1660 g/mol. The summed E-state index contributed by atoms with van der Waals surface area (Å²) in [6, 6.07) is 0. The molecule has 0 fully saturated rings. The maximum atomic E-state index is 13.2. The van der Waals surface area contributed by atoms with Crippen molar-refractivity contribution in [3.8, 4) is 0 Å². The molecular formula is C95H186O17P2. The molecule has 678 valence electrons. The van der Waals surface area contributed by atoms with Crippen molar-refractivity contribution in [3.63, 3.8) is 0 Å². The van der Waals surface area contributed by atoms with Crippen LogP contribution in [0.1, 0.15) is 517 Å². The van der Waals surface area contributed by atoms with Crippen LogP contribution in [0.5, 0.6) is 0 Å². The first kappa shape index (κ1) is 112. The van der Waals surface area contributed by atoms with Gasteiger partial charge in [-0.2, -0.15) is 0 Å². The molecule has 19 heteroatoms. The van der Waals surface area contributed by atoms with Crippen LogP contribution in [0.15, 0.2) is 0 Å². The van der Waals surface area contributed by atoms with E-state index in [1.807, 2.05) is 0 Å². The Hall–Kier alpha value is -1.94. The Morgan fingerprint density at radius 2 is 0.421 bits per heavy atom. The van der Waals surface area contributed by atoms with Gasteiger partial charge in [0.1, 0.15) is 19.3 Å². The second-order valence-electron chi connectivity index (χ2n) is 34.6. The number of hydrogen-bond donors (Lipinski definition) is 3. The zero-order chi connectivity index (χ0) is 83.4. The summed E-state index contributed by atoms with van der Waals surface area (Å²) in [5, 5.41) is 10.7. The van der Waals surface area contributed by atoms with Crippen LogP contribution in [-0.2, 0) is 65.4 Å². The number of rotatable bonds is 94. The van der Waals surface area contributed by atoms with Crippen LogP contribution >= 0.6 is 15.6 Å². The maximum absolute atomic E-state index is 13.2. The number of hydrogen-bond acceptors (Lipinski definition) is 15. The fourth-order valence-electron chi connectivity index (χ4n) is 14.9. The molecule has 0 aromatic heterocycles. The van der Waals surface area contributed by atoms with Gasteiger partial charge >= 0.3 is 39.5 Å². The highest BCUT2D eigenvalue weighted by molar-refractivity contribution is 7.47. The van der Waals surface area contributed by atoms with E-state index in [0.29, 0.717) is 25.7 Å². The molecule has 0 aromatic carbocycles. The number of unbranched alkanes of at least 4 members (excludes halogenated alkanes) is 62. The third kappa shape index (κ3) is 85.1. The molecular weight excluding hydrogens is 1470 g/mol. The molecule has 0 aliphatic heterocycles. The molecule has 0 saturated carbocycles. The normalized spacial score (nSPS) is 14.1. The topological polar surface area (TPSA) is 237 Å². The van der Waals surface area contributed by atoms with Crippen molar-refractivity contribution in [3.05, 3.63) is 0 Å². The molecule has 0 saturated heterocycles. The average Bonchev–Trinajstić information content (AvgIpc) is 0.896. The Balaban J connectivity index is 5.24. The van der Waals surface area contributed by atoms with E-state index in [1.165, 1.54) is 334 Å². The summed E-state index contributed by atoms with van der Waals surface area (Å²) < 4.78 is 69.2. The lowest BCUT2D eigenvalue weighted by Crippen LogP contribution is -2.30. The van der Waals surface area contributed by atoms with Crippen LogP contribution in [0.4, 0.5) is 0 Å². The smallest absolute Gasteiger partial charge is 0.462 e. The summed E-state index contributed by atoms with van der Waals surface area (Å²) in [6.45, 7) is 9.80. The first-order valence-corrected chi connectivity index (χ1v) is 52.1. The summed E-state index contributed by atoms with van der Waals surface area (Å²) >= 11 is 0. The highest BCUT2D eigenvalue weighted by Crippen LogP contribution is 2.45. The molecule has 0 aliphatic rings. The van der Waals surface area contributed by atoms with Crippen molar-refractivity contribution >= 4 is 39.5 Å². The highest BCUT2D eigenvalue weighted by Gasteiger charge is 2.31. The summed E-state index contributed by atoms with van der Waals surface area (Å²) in [6.07, 6.45) is 82.1. The van der Waals surface area contributed by atoms with E-state index >= 15 is 0 Å². The summed E-state index contributed by atoms with van der Waals surface area (Å²) in [7, 11) is -9.94. The predicted octanol–water partition coefficient (Wildman–Crippen LogP) is 29.7.